The molecule has 1 aromatic rings. The van der Waals surface area contributed by atoms with Crippen LogP contribution in [0.1, 0.15) is 25.3 Å². The minimum absolute atomic E-state index is 0.130. The maximum atomic E-state index is 9.11. The summed E-state index contributed by atoms with van der Waals surface area (Å²) in [5.41, 5.74) is 1.30. The van der Waals surface area contributed by atoms with Crippen molar-refractivity contribution in [3.05, 3.63) is 29.8 Å². The van der Waals surface area contributed by atoms with Gasteiger partial charge in [-0.2, -0.15) is 0 Å². The van der Waals surface area contributed by atoms with E-state index in [0.29, 0.717) is 0 Å². The van der Waals surface area contributed by atoms with Gasteiger partial charge in [0.15, 0.2) is 0 Å². The highest BCUT2D eigenvalue weighted by Crippen LogP contribution is 2.14. The lowest BCUT2D eigenvalue weighted by molar-refractivity contribution is 0.0536. The van der Waals surface area contributed by atoms with E-state index < -0.39 is 6.10 Å². The van der Waals surface area contributed by atoms with E-state index in [1.165, 1.54) is 18.4 Å². The van der Waals surface area contributed by atoms with Crippen molar-refractivity contribution in [3.63, 3.8) is 0 Å². The van der Waals surface area contributed by atoms with Crippen LogP contribution >= 0.6 is 0 Å². The van der Waals surface area contributed by atoms with Gasteiger partial charge in [0.05, 0.1) is 6.61 Å². The van der Waals surface area contributed by atoms with Crippen molar-refractivity contribution < 1.29 is 14.9 Å². The van der Waals surface area contributed by atoms with E-state index in [0.717, 1.165) is 12.2 Å². The van der Waals surface area contributed by atoms with E-state index in [-0.39, 0.29) is 13.2 Å². The predicted octanol–water partition coefficient (Wildman–Crippen LogP) is 1.76. The van der Waals surface area contributed by atoms with Crippen molar-refractivity contribution in [2.24, 2.45) is 0 Å². The number of hydrogen-bond donors (Lipinski definition) is 2. The minimum Gasteiger partial charge on any atom is -0.491 e. The molecule has 0 bridgehead atoms. The van der Waals surface area contributed by atoms with E-state index in [1.54, 1.807) is 0 Å². The van der Waals surface area contributed by atoms with Crippen LogP contribution in [0.2, 0.25) is 0 Å². The van der Waals surface area contributed by atoms with Gasteiger partial charge in [0.25, 0.3) is 0 Å². The average molecular weight is 224 g/mol. The van der Waals surface area contributed by atoms with E-state index in [9.17, 15) is 0 Å². The number of unbranched alkanes of at least 4 members (excludes halogenated alkanes) is 1. The van der Waals surface area contributed by atoms with E-state index in [1.807, 2.05) is 24.3 Å². The van der Waals surface area contributed by atoms with E-state index in [4.69, 9.17) is 14.9 Å². The molecule has 1 aromatic carbocycles. The molecule has 2 N–H and O–H groups in total. The summed E-state index contributed by atoms with van der Waals surface area (Å²) in [5, 5.41) is 17.7. The topological polar surface area (TPSA) is 49.7 Å². The Kier molecular flexibility index (Phi) is 5.90. The molecule has 0 spiro atoms. The van der Waals surface area contributed by atoms with Gasteiger partial charge in [-0.3, -0.25) is 0 Å². The third kappa shape index (κ3) is 4.64. The molecule has 3 heteroatoms. The molecule has 0 aliphatic heterocycles. The largest absolute Gasteiger partial charge is 0.491 e. The fourth-order valence-corrected chi connectivity index (χ4v) is 1.38. The van der Waals surface area contributed by atoms with Crippen LogP contribution in [0.5, 0.6) is 5.75 Å². The molecular weight excluding hydrogens is 204 g/mol. The zero-order valence-corrected chi connectivity index (χ0v) is 9.72. The van der Waals surface area contributed by atoms with Crippen LogP contribution in [0, 0.1) is 0 Å². The Balaban J connectivity index is 2.38. The smallest absolute Gasteiger partial charge is 0.119 e. The van der Waals surface area contributed by atoms with Gasteiger partial charge in [-0.05, 0) is 30.5 Å². The van der Waals surface area contributed by atoms with Gasteiger partial charge in [0, 0.05) is 0 Å². The summed E-state index contributed by atoms with van der Waals surface area (Å²) in [4.78, 5) is 0. The third-order valence-electron chi connectivity index (χ3n) is 2.40. The van der Waals surface area contributed by atoms with Crippen LogP contribution < -0.4 is 4.74 Å². The SMILES string of the molecule is CCCCc1ccc(OC[C@@H](O)CO)cc1. The van der Waals surface area contributed by atoms with Crippen molar-refractivity contribution in [1.82, 2.24) is 0 Å². The van der Waals surface area contributed by atoms with E-state index >= 15 is 0 Å². The minimum atomic E-state index is -0.806. The van der Waals surface area contributed by atoms with Crippen molar-refractivity contribution in [2.75, 3.05) is 13.2 Å². The fraction of sp³-hybridized carbons (Fsp3) is 0.538. The summed E-state index contributed by atoms with van der Waals surface area (Å²) < 4.78 is 5.31. The molecule has 0 aliphatic carbocycles. The molecule has 0 saturated heterocycles. The Hall–Kier alpha value is -1.06. The Labute approximate surface area is 96.7 Å². The van der Waals surface area contributed by atoms with E-state index in [2.05, 4.69) is 6.92 Å². The molecule has 0 aromatic heterocycles. The number of aliphatic hydroxyl groups excluding tert-OH is 2. The molecule has 0 fully saturated rings. The second-order valence-electron chi connectivity index (χ2n) is 3.89. The van der Waals surface area contributed by atoms with Crippen LogP contribution in [0.4, 0.5) is 0 Å². The molecular formula is C13H20O3. The van der Waals surface area contributed by atoms with Crippen molar-refractivity contribution >= 4 is 0 Å². The van der Waals surface area contributed by atoms with Crippen LogP contribution in [-0.2, 0) is 6.42 Å². The Morgan fingerprint density at radius 1 is 1.25 bits per heavy atom. The number of rotatable bonds is 7. The molecule has 0 aliphatic rings. The zero-order chi connectivity index (χ0) is 11.8. The van der Waals surface area contributed by atoms with Gasteiger partial charge in [0.2, 0.25) is 0 Å². The summed E-state index contributed by atoms with van der Waals surface area (Å²) in [6.07, 6.45) is 2.68. The molecule has 3 nitrogen and oxygen atoms in total. The highest BCUT2D eigenvalue weighted by molar-refractivity contribution is 5.27. The molecule has 1 atom stereocenters. The standard InChI is InChI=1S/C13H20O3/c1-2-3-4-11-5-7-13(8-6-11)16-10-12(15)9-14/h5-8,12,14-15H,2-4,9-10H2,1H3/t12-/m0/s1. The Morgan fingerprint density at radius 3 is 2.50 bits per heavy atom. The van der Waals surface area contributed by atoms with Gasteiger partial charge in [-0.15, -0.1) is 0 Å². The summed E-state index contributed by atoms with van der Waals surface area (Å²) in [6.45, 7) is 2.03. The van der Waals surface area contributed by atoms with Crippen LogP contribution in [0.3, 0.4) is 0 Å². The second-order valence-corrected chi connectivity index (χ2v) is 3.89. The maximum absolute atomic E-state index is 9.11. The molecule has 0 unspecified atom stereocenters. The first kappa shape index (κ1) is 13.0. The molecule has 90 valence electrons. The van der Waals surface area contributed by atoms with Crippen LogP contribution in [0.25, 0.3) is 0 Å². The van der Waals surface area contributed by atoms with Crippen molar-refractivity contribution in [1.29, 1.82) is 0 Å². The van der Waals surface area contributed by atoms with Gasteiger partial charge in [-0.1, -0.05) is 25.5 Å². The van der Waals surface area contributed by atoms with Crippen LogP contribution in [0.15, 0.2) is 24.3 Å². The summed E-state index contributed by atoms with van der Waals surface area (Å²) in [7, 11) is 0. The first-order valence-electron chi connectivity index (χ1n) is 5.77. The molecule has 16 heavy (non-hydrogen) atoms. The molecule has 0 saturated carbocycles. The number of hydrogen-bond acceptors (Lipinski definition) is 3. The predicted molar refractivity (Wildman–Crippen MR) is 63.6 cm³/mol. The quantitative estimate of drug-likeness (QED) is 0.742. The number of aliphatic hydroxyl groups is 2. The van der Waals surface area contributed by atoms with Crippen molar-refractivity contribution in [2.45, 2.75) is 32.3 Å². The lowest BCUT2D eigenvalue weighted by Crippen LogP contribution is -2.21. The number of benzene rings is 1. The lowest BCUT2D eigenvalue weighted by atomic mass is 10.1. The highest BCUT2D eigenvalue weighted by Gasteiger charge is 2.02. The van der Waals surface area contributed by atoms with Crippen LogP contribution in [-0.4, -0.2) is 29.5 Å². The highest BCUT2D eigenvalue weighted by atomic mass is 16.5. The third-order valence-corrected chi connectivity index (χ3v) is 2.40. The first-order chi connectivity index (χ1) is 7.76. The Morgan fingerprint density at radius 2 is 1.94 bits per heavy atom. The second kappa shape index (κ2) is 7.25. The summed E-state index contributed by atoms with van der Waals surface area (Å²) >= 11 is 0. The molecule has 1 rings (SSSR count). The fourth-order valence-electron chi connectivity index (χ4n) is 1.38. The van der Waals surface area contributed by atoms with Gasteiger partial charge in [0.1, 0.15) is 18.5 Å². The summed E-state index contributed by atoms with van der Waals surface area (Å²) in [5.74, 6) is 0.729. The first-order valence-corrected chi connectivity index (χ1v) is 5.77. The van der Waals surface area contributed by atoms with Gasteiger partial charge >= 0.3 is 0 Å². The monoisotopic (exact) mass is 224 g/mol. The molecule has 0 amide bonds. The zero-order valence-electron chi connectivity index (χ0n) is 9.72. The Bertz CT molecular complexity index is 282. The number of ether oxygens (including phenoxy) is 1. The van der Waals surface area contributed by atoms with Gasteiger partial charge < -0.3 is 14.9 Å². The lowest BCUT2D eigenvalue weighted by Gasteiger charge is -2.10. The van der Waals surface area contributed by atoms with Crippen molar-refractivity contribution in [3.8, 4) is 5.75 Å². The average Bonchev–Trinajstić information content (AvgIpc) is 2.34. The number of aryl methyl sites for hydroxylation is 1. The van der Waals surface area contributed by atoms with Gasteiger partial charge in [-0.25, -0.2) is 0 Å². The summed E-state index contributed by atoms with van der Waals surface area (Å²) in [6, 6.07) is 7.87. The molecule has 0 heterocycles. The normalized spacial score (nSPS) is 12.4. The molecule has 0 radical (unpaired) electrons. The maximum Gasteiger partial charge on any atom is 0.119 e.